The largest absolute Gasteiger partial charge is 0.336 e. The fourth-order valence-corrected chi connectivity index (χ4v) is 4.88. The molecule has 0 amide bonds. The Balaban J connectivity index is 1.28. The Labute approximate surface area is 206 Å². The van der Waals surface area contributed by atoms with Gasteiger partial charge in [0.15, 0.2) is 11.5 Å². The van der Waals surface area contributed by atoms with E-state index in [4.69, 9.17) is 9.97 Å². The molecular weight excluding hydrogens is 450 g/mol. The number of nitrogens with zero attached hydrogens (tertiary/aromatic N) is 7. The van der Waals surface area contributed by atoms with E-state index in [9.17, 15) is 0 Å². The van der Waals surface area contributed by atoms with E-state index in [2.05, 4.69) is 41.1 Å². The molecule has 1 fully saturated rings. The zero-order chi connectivity index (χ0) is 23.9. The quantitative estimate of drug-likeness (QED) is 0.376. The number of nitrogens with one attached hydrogen (secondary N) is 2. The maximum absolute atomic E-state index is 4.97. The Bertz CT molecular complexity index is 1680. The Morgan fingerprint density at radius 2 is 1.72 bits per heavy atom. The van der Waals surface area contributed by atoms with Gasteiger partial charge in [-0.2, -0.15) is 5.10 Å². The number of imidazole rings is 1. The number of H-pyrrole nitrogens is 2. The van der Waals surface area contributed by atoms with E-state index in [1.54, 1.807) is 12.4 Å². The third kappa shape index (κ3) is 3.70. The van der Waals surface area contributed by atoms with Gasteiger partial charge in [0.2, 0.25) is 0 Å². The van der Waals surface area contributed by atoms with Crippen molar-refractivity contribution in [2.24, 2.45) is 0 Å². The summed E-state index contributed by atoms with van der Waals surface area (Å²) in [5, 5.41) is 7.64. The lowest BCUT2D eigenvalue weighted by Gasteiger charge is -2.14. The molecule has 0 atom stereocenters. The minimum absolute atomic E-state index is 0.631. The SMILES string of the molecule is c1ccc(-c2nccc3[nH]c(-c4n[nH]c5ccc(-c6cncc(CN7CCCC7)c6)nc45)nc23)nc1. The van der Waals surface area contributed by atoms with Crippen LogP contribution in [0.15, 0.2) is 67.3 Å². The van der Waals surface area contributed by atoms with Crippen LogP contribution in [0.2, 0.25) is 0 Å². The first-order chi connectivity index (χ1) is 17.8. The van der Waals surface area contributed by atoms with E-state index in [1.807, 2.05) is 48.8 Å². The van der Waals surface area contributed by atoms with Crippen molar-refractivity contribution in [2.45, 2.75) is 19.4 Å². The lowest BCUT2D eigenvalue weighted by Crippen LogP contribution is -2.18. The van der Waals surface area contributed by atoms with Crippen LogP contribution in [0.5, 0.6) is 0 Å². The van der Waals surface area contributed by atoms with E-state index in [1.165, 1.54) is 18.4 Å². The van der Waals surface area contributed by atoms with Crippen molar-refractivity contribution in [3.8, 4) is 34.2 Å². The van der Waals surface area contributed by atoms with Gasteiger partial charge in [0.1, 0.15) is 16.7 Å². The van der Waals surface area contributed by atoms with Crippen LogP contribution < -0.4 is 0 Å². The van der Waals surface area contributed by atoms with Crippen LogP contribution in [0.1, 0.15) is 18.4 Å². The average Bonchev–Trinajstić information content (AvgIpc) is 3.68. The summed E-state index contributed by atoms with van der Waals surface area (Å²) in [6.45, 7) is 3.23. The molecule has 9 nitrogen and oxygen atoms in total. The van der Waals surface area contributed by atoms with Gasteiger partial charge in [-0.1, -0.05) is 6.07 Å². The Morgan fingerprint density at radius 1 is 0.806 bits per heavy atom. The highest BCUT2D eigenvalue weighted by molar-refractivity contribution is 5.94. The van der Waals surface area contributed by atoms with Gasteiger partial charge in [-0.05, 0) is 67.9 Å². The van der Waals surface area contributed by atoms with E-state index in [-0.39, 0.29) is 0 Å². The molecule has 1 aliphatic heterocycles. The number of hydrogen-bond donors (Lipinski definition) is 2. The van der Waals surface area contributed by atoms with E-state index < -0.39 is 0 Å². The fourth-order valence-electron chi connectivity index (χ4n) is 4.88. The maximum Gasteiger partial charge on any atom is 0.161 e. The normalized spacial score (nSPS) is 14.2. The second-order valence-electron chi connectivity index (χ2n) is 9.09. The molecule has 0 aromatic carbocycles. The highest BCUT2D eigenvalue weighted by Gasteiger charge is 2.18. The molecule has 1 aliphatic rings. The zero-order valence-corrected chi connectivity index (χ0v) is 19.5. The van der Waals surface area contributed by atoms with Gasteiger partial charge in [-0.15, -0.1) is 0 Å². The van der Waals surface area contributed by atoms with Gasteiger partial charge in [0, 0.05) is 36.9 Å². The molecule has 7 rings (SSSR count). The van der Waals surface area contributed by atoms with E-state index in [0.29, 0.717) is 11.5 Å². The summed E-state index contributed by atoms with van der Waals surface area (Å²) in [6.07, 6.45) is 9.88. The Morgan fingerprint density at radius 3 is 2.61 bits per heavy atom. The standard InChI is InChI=1S/C27H23N9/c1-2-9-29-20(5-1)23-24-21(8-10-30-23)32-27(33-24)26-25-22(34-35-26)7-6-19(31-25)18-13-17(14-28-15-18)16-36-11-3-4-12-36/h1-2,5-10,13-15H,3-4,11-12,16H2,(H,32,33)(H,34,35). The van der Waals surface area contributed by atoms with E-state index in [0.717, 1.165) is 64.3 Å². The number of likely N-dealkylation sites (tertiary alicyclic amines) is 1. The molecule has 0 saturated carbocycles. The predicted molar refractivity (Wildman–Crippen MR) is 138 cm³/mol. The summed E-state index contributed by atoms with van der Waals surface area (Å²) in [7, 11) is 0. The minimum atomic E-state index is 0.631. The summed E-state index contributed by atoms with van der Waals surface area (Å²) in [4.78, 5) is 29.2. The van der Waals surface area contributed by atoms with Crippen LogP contribution in [0.4, 0.5) is 0 Å². The lowest BCUT2D eigenvalue weighted by atomic mass is 10.1. The van der Waals surface area contributed by atoms with Crippen molar-refractivity contribution in [3.63, 3.8) is 0 Å². The maximum atomic E-state index is 4.97. The van der Waals surface area contributed by atoms with Crippen molar-refractivity contribution >= 4 is 22.1 Å². The van der Waals surface area contributed by atoms with Gasteiger partial charge in [0.05, 0.1) is 22.4 Å². The summed E-state index contributed by atoms with van der Waals surface area (Å²) in [6, 6.07) is 13.9. The minimum Gasteiger partial charge on any atom is -0.336 e. The molecule has 176 valence electrons. The second-order valence-corrected chi connectivity index (χ2v) is 9.09. The number of rotatable bonds is 5. The number of aromatic amines is 2. The van der Waals surface area contributed by atoms with Crippen molar-refractivity contribution < 1.29 is 0 Å². The summed E-state index contributed by atoms with van der Waals surface area (Å²) in [5.41, 5.74) is 8.43. The summed E-state index contributed by atoms with van der Waals surface area (Å²) < 4.78 is 0. The highest BCUT2D eigenvalue weighted by Crippen LogP contribution is 2.30. The smallest absolute Gasteiger partial charge is 0.161 e. The van der Waals surface area contributed by atoms with Gasteiger partial charge >= 0.3 is 0 Å². The molecule has 7 heterocycles. The zero-order valence-electron chi connectivity index (χ0n) is 19.5. The molecule has 2 N–H and O–H groups in total. The van der Waals surface area contributed by atoms with Crippen molar-refractivity contribution in [2.75, 3.05) is 13.1 Å². The number of pyridine rings is 4. The molecular formula is C27H23N9. The molecule has 0 radical (unpaired) electrons. The van der Waals surface area contributed by atoms with Crippen molar-refractivity contribution in [1.29, 1.82) is 0 Å². The van der Waals surface area contributed by atoms with Crippen LogP contribution in [-0.2, 0) is 6.54 Å². The molecule has 0 unspecified atom stereocenters. The van der Waals surface area contributed by atoms with Gasteiger partial charge in [0.25, 0.3) is 0 Å². The van der Waals surface area contributed by atoms with E-state index >= 15 is 0 Å². The average molecular weight is 474 g/mol. The molecule has 1 saturated heterocycles. The summed E-state index contributed by atoms with van der Waals surface area (Å²) in [5.74, 6) is 0.631. The van der Waals surface area contributed by atoms with Gasteiger partial charge in [-0.25, -0.2) is 9.97 Å². The number of hydrogen-bond acceptors (Lipinski definition) is 7. The van der Waals surface area contributed by atoms with Gasteiger partial charge in [-0.3, -0.25) is 25.0 Å². The second kappa shape index (κ2) is 8.62. The van der Waals surface area contributed by atoms with Crippen LogP contribution in [0.25, 0.3) is 56.2 Å². The molecule has 0 bridgehead atoms. The van der Waals surface area contributed by atoms with Crippen molar-refractivity contribution in [1.82, 2.24) is 45.0 Å². The van der Waals surface area contributed by atoms with Crippen LogP contribution in [0, 0.1) is 0 Å². The number of aromatic nitrogens is 8. The third-order valence-corrected chi connectivity index (χ3v) is 6.64. The van der Waals surface area contributed by atoms with Crippen LogP contribution in [-0.4, -0.2) is 58.1 Å². The van der Waals surface area contributed by atoms with Gasteiger partial charge < -0.3 is 4.98 Å². The van der Waals surface area contributed by atoms with Crippen LogP contribution >= 0.6 is 0 Å². The molecule has 9 heteroatoms. The predicted octanol–water partition coefficient (Wildman–Crippen LogP) is 4.62. The highest BCUT2D eigenvalue weighted by atomic mass is 15.2. The molecule has 6 aromatic rings. The molecule has 6 aromatic heterocycles. The first kappa shape index (κ1) is 20.8. The first-order valence-electron chi connectivity index (χ1n) is 12.1. The van der Waals surface area contributed by atoms with Crippen LogP contribution in [0.3, 0.4) is 0 Å². The monoisotopic (exact) mass is 473 g/mol. The first-order valence-corrected chi connectivity index (χ1v) is 12.1. The Kier molecular flexibility index (Phi) is 4.99. The molecule has 0 spiro atoms. The summed E-state index contributed by atoms with van der Waals surface area (Å²) >= 11 is 0. The topological polar surface area (TPSA) is 112 Å². The Hall–Kier alpha value is -4.50. The molecule has 0 aliphatic carbocycles. The third-order valence-electron chi connectivity index (χ3n) is 6.64. The van der Waals surface area contributed by atoms with Crippen molar-refractivity contribution in [3.05, 3.63) is 72.8 Å². The lowest BCUT2D eigenvalue weighted by molar-refractivity contribution is 0.331. The molecule has 36 heavy (non-hydrogen) atoms. The fraction of sp³-hybridized carbons (Fsp3) is 0.185. The number of fused-ring (bicyclic) bond motifs is 2.